The lowest BCUT2D eigenvalue weighted by Crippen LogP contribution is -2.11. The first kappa shape index (κ1) is 21.1. The molecule has 4 nitrogen and oxygen atoms in total. The lowest BCUT2D eigenvalue weighted by Gasteiger charge is -2.20. The van der Waals surface area contributed by atoms with Crippen LogP contribution in [0.25, 0.3) is 11.6 Å². The van der Waals surface area contributed by atoms with Gasteiger partial charge in [0, 0.05) is 37.1 Å². The van der Waals surface area contributed by atoms with Gasteiger partial charge < -0.3 is 15.4 Å². The molecule has 0 heterocycles. The summed E-state index contributed by atoms with van der Waals surface area (Å²) in [6.45, 7) is 6.59. The van der Waals surface area contributed by atoms with E-state index in [1.807, 2.05) is 88.3 Å². The predicted octanol–water partition coefficient (Wildman–Crippen LogP) is 5.21. The van der Waals surface area contributed by atoms with Crippen molar-refractivity contribution >= 4 is 23.0 Å². The maximum atomic E-state index is 9.24. The third kappa shape index (κ3) is 5.86. The molecule has 0 saturated heterocycles. The van der Waals surface area contributed by atoms with Crippen molar-refractivity contribution in [1.82, 2.24) is 0 Å². The Morgan fingerprint density at radius 2 is 1.81 bits per heavy atom. The van der Waals surface area contributed by atoms with Crippen molar-refractivity contribution < 1.29 is 4.74 Å². The van der Waals surface area contributed by atoms with Crippen LogP contribution in [0.2, 0.25) is 0 Å². The Morgan fingerprint density at radius 1 is 1.15 bits per heavy atom. The quantitative estimate of drug-likeness (QED) is 0.573. The van der Waals surface area contributed by atoms with Gasteiger partial charge in [0.25, 0.3) is 0 Å². The molecule has 0 spiro atoms. The fourth-order valence-electron chi connectivity index (χ4n) is 2.51. The van der Waals surface area contributed by atoms with Gasteiger partial charge in [-0.15, -0.1) is 0 Å². The molecule has 2 aromatic carbocycles. The van der Waals surface area contributed by atoms with E-state index in [2.05, 4.69) is 6.07 Å². The summed E-state index contributed by atoms with van der Waals surface area (Å²) in [6, 6.07) is 15.9. The van der Waals surface area contributed by atoms with Crippen LogP contribution in [0.1, 0.15) is 38.3 Å². The van der Waals surface area contributed by atoms with Crippen LogP contribution >= 0.6 is 0 Å². The summed E-state index contributed by atoms with van der Waals surface area (Å²) < 4.78 is 5.60. The first-order valence-electron chi connectivity index (χ1n) is 8.92. The molecule has 0 bridgehead atoms. The molecule has 2 N–H and O–H groups in total. The van der Waals surface area contributed by atoms with Crippen molar-refractivity contribution in [2.45, 2.75) is 27.2 Å². The number of allylic oxidation sites excluding steroid dienone is 1. The van der Waals surface area contributed by atoms with Crippen molar-refractivity contribution in [3.63, 3.8) is 0 Å². The largest absolute Gasteiger partial charge is 0.494 e. The zero-order valence-electron chi connectivity index (χ0n) is 16.4. The molecule has 0 radical (unpaired) electrons. The van der Waals surface area contributed by atoms with Gasteiger partial charge in [0.05, 0.1) is 19.1 Å². The summed E-state index contributed by atoms with van der Waals surface area (Å²) in [4.78, 5) is 2.03. The first-order chi connectivity index (χ1) is 12.5. The smallest absolute Gasteiger partial charge is 0.121 e. The number of nitrogens with zero attached hydrogens (tertiary/aromatic N) is 2. The van der Waals surface area contributed by atoms with Crippen molar-refractivity contribution in [1.29, 1.82) is 5.26 Å². The fraction of sp³-hybridized carbons (Fsp3) is 0.318. The molecule has 0 amide bonds. The number of rotatable bonds is 6. The van der Waals surface area contributed by atoms with Gasteiger partial charge in [-0.25, -0.2) is 0 Å². The normalized spacial score (nSPS) is 10.4. The van der Waals surface area contributed by atoms with Crippen molar-refractivity contribution in [3.8, 4) is 11.8 Å². The zero-order chi connectivity index (χ0) is 19.5. The monoisotopic (exact) mass is 351 g/mol. The van der Waals surface area contributed by atoms with E-state index in [-0.39, 0.29) is 0 Å². The van der Waals surface area contributed by atoms with Gasteiger partial charge in [-0.2, -0.15) is 5.26 Å². The van der Waals surface area contributed by atoms with Gasteiger partial charge in [0.15, 0.2) is 0 Å². The van der Waals surface area contributed by atoms with Gasteiger partial charge >= 0.3 is 0 Å². The molecule has 0 atom stereocenters. The Hall–Kier alpha value is -2.93. The highest BCUT2D eigenvalue weighted by Gasteiger charge is 2.11. The summed E-state index contributed by atoms with van der Waals surface area (Å²) in [7, 11) is 3.98. The Morgan fingerprint density at radius 3 is 2.35 bits per heavy atom. The predicted molar refractivity (Wildman–Crippen MR) is 112 cm³/mol. The van der Waals surface area contributed by atoms with Crippen LogP contribution in [-0.4, -0.2) is 20.7 Å². The summed E-state index contributed by atoms with van der Waals surface area (Å²) >= 11 is 0. The highest BCUT2D eigenvalue weighted by Crippen LogP contribution is 2.33. The molecule has 0 fully saturated rings. The lowest BCUT2D eigenvalue weighted by molar-refractivity contribution is 0.340. The summed E-state index contributed by atoms with van der Waals surface area (Å²) in [5, 5.41) is 9.24. The van der Waals surface area contributed by atoms with Crippen LogP contribution in [0, 0.1) is 11.3 Å². The summed E-state index contributed by atoms with van der Waals surface area (Å²) in [6.07, 6.45) is 2.37. The third-order valence-electron chi connectivity index (χ3n) is 3.65. The lowest BCUT2D eigenvalue weighted by atomic mass is 9.98. The number of hydrogen-bond acceptors (Lipinski definition) is 4. The zero-order valence-corrected chi connectivity index (χ0v) is 16.4. The Bertz CT molecular complexity index is 756. The van der Waals surface area contributed by atoms with Crippen LogP contribution in [0.4, 0.5) is 11.4 Å². The van der Waals surface area contributed by atoms with Crippen molar-refractivity contribution in [2.75, 3.05) is 31.3 Å². The molecule has 0 aliphatic carbocycles. The highest BCUT2D eigenvalue weighted by molar-refractivity contribution is 5.88. The molecule has 0 aliphatic heterocycles. The van der Waals surface area contributed by atoms with E-state index in [0.717, 1.165) is 33.8 Å². The molecule has 2 aromatic rings. The van der Waals surface area contributed by atoms with Gasteiger partial charge in [0.2, 0.25) is 0 Å². The van der Waals surface area contributed by atoms with E-state index in [9.17, 15) is 5.26 Å². The van der Waals surface area contributed by atoms with E-state index in [0.29, 0.717) is 13.0 Å². The standard InChI is InChI=1S/C20H23N3O.C2H6/c1-4-24-18-9-10-19(20(14-18)23(2)3)16(11-12-21)13-15-5-7-17(22)8-6-15;1-2/h5-10,13-14H,4,11,22H2,1-3H3;1-2H3/b16-13+;. The number of ether oxygens (including phenoxy) is 1. The maximum Gasteiger partial charge on any atom is 0.121 e. The average Bonchev–Trinajstić information content (AvgIpc) is 2.65. The number of nitriles is 1. The van der Waals surface area contributed by atoms with Crippen molar-refractivity contribution in [3.05, 3.63) is 53.6 Å². The SMILES string of the molecule is CC.CCOc1ccc(/C(=C/c2ccc(N)cc2)CC#N)c(N(C)C)c1. The van der Waals surface area contributed by atoms with Crippen molar-refractivity contribution in [2.24, 2.45) is 0 Å². The fourth-order valence-corrected chi connectivity index (χ4v) is 2.51. The highest BCUT2D eigenvalue weighted by atomic mass is 16.5. The van der Waals surface area contributed by atoms with Gasteiger partial charge in [-0.05, 0) is 42.3 Å². The molecule has 0 aliphatic rings. The van der Waals surface area contributed by atoms with Crippen LogP contribution < -0.4 is 15.4 Å². The number of benzene rings is 2. The van der Waals surface area contributed by atoms with E-state index < -0.39 is 0 Å². The third-order valence-corrected chi connectivity index (χ3v) is 3.65. The second-order valence-electron chi connectivity index (χ2n) is 5.68. The maximum absolute atomic E-state index is 9.24. The molecule has 26 heavy (non-hydrogen) atoms. The van der Waals surface area contributed by atoms with Gasteiger partial charge in [-0.3, -0.25) is 0 Å². The number of nitrogens with two attached hydrogens (primary N) is 1. The molecule has 4 heteroatoms. The minimum atomic E-state index is 0.333. The number of hydrogen-bond donors (Lipinski definition) is 1. The minimum absolute atomic E-state index is 0.333. The number of anilines is 2. The Balaban J connectivity index is 0.00000163. The molecule has 0 saturated carbocycles. The van der Waals surface area contributed by atoms with E-state index >= 15 is 0 Å². The molecule has 0 unspecified atom stereocenters. The molecule has 2 rings (SSSR count). The van der Waals surface area contributed by atoms with Crippen LogP contribution in [0.3, 0.4) is 0 Å². The molecular formula is C22H29N3O. The summed E-state index contributed by atoms with van der Waals surface area (Å²) in [5.41, 5.74) is 10.5. The van der Waals surface area contributed by atoms with E-state index in [1.165, 1.54) is 0 Å². The van der Waals surface area contributed by atoms with Crippen LogP contribution in [0.5, 0.6) is 5.75 Å². The van der Waals surface area contributed by atoms with E-state index in [4.69, 9.17) is 10.5 Å². The van der Waals surface area contributed by atoms with Gasteiger partial charge in [0.1, 0.15) is 5.75 Å². The van der Waals surface area contributed by atoms with Crippen LogP contribution in [0.15, 0.2) is 42.5 Å². The summed E-state index contributed by atoms with van der Waals surface area (Å²) in [5.74, 6) is 0.828. The second-order valence-corrected chi connectivity index (χ2v) is 5.68. The topological polar surface area (TPSA) is 62.3 Å². The van der Waals surface area contributed by atoms with Gasteiger partial charge in [-0.1, -0.05) is 32.1 Å². The van der Waals surface area contributed by atoms with Crippen LogP contribution in [-0.2, 0) is 0 Å². The Labute approximate surface area is 157 Å². The second kappa shape index (κ2) is 10.8. The number of nitrogen functional groups attached to an aromatic ring is 1. The minimum Gasteiger partial charge on any atom is -0.494 e. The van der Waals surface area contributed by atoms with E-state index in [1.54, 1.807) is 0 Å². The first-order valence-corrected chi connectivity index (χ1v) is 8.92. The molecule has 138 valence electrons. The average molecular weight is 351 g/mol. The Kier molecular flexibility index (Phi) is 8.80. The molecular weight excluding hydrogens is 322 g/mol. The molecule has 0 aromatic heterocycles.